The highest BCUT2D eigenvalue weighted by Crippen LogP contribution is 2.19. The monoisotopic (exact) mass is 235 g/mol. The zero-order valence-corrected chi connectivity index (χ0v) is 10.3. The molecule has 0 fully saturated rings. The Hall–Kier alpha value is -1.84. The molecule has 1 aromatic heterocycles. The van der Waals surface area contributed by atoms with Crippen molar-refractivity contribution in [2.24, 2.45) is 0 Å². The van der Waals surface area contributed by atoms with E-state index in [1.54, 1.807) is 39.2 Å². The van der Waals surface area contributed by atoms with Crippen LogP contribution >= 0.6 is 0 Å². The lowest BCUT2D eigenvalue weighted by Crippen LogP contribution is -2.25. The van der Waals surface area contributed by atoms with Crippen LogP contribution in [0.25, 0.3) is 0 Å². The van der Waals surface area contributed by atoms with Crippen molar-refractivity contribution >= 4 is 6.16 Å². The highest BCUT2D eigenvalue weighted by Gasteiger charge is 2.20. The lowest BCUT2D eigenvalue weighted by atomic mass is 10.1. The minimum atomic E-state index is -0.716. The van der Waals surface area contributed by atoms with Gasteiger partial charge in [-0.05, 0) is 32.9 Å². The predicted molar refractivity (Wildman–Crippen MR) is 64.5 cm³/mol. The quantitative estimate of drug-likeness (QED) is 0.596. The lowest BCUT2D eigenvalue weighted by Gasteiger charge is -2.21. The minimum Gasteiger partial charge on any atom is -0.429 e. The standard InChI is InChI=1S/C13H17NO3/c1-5-11(10-7-6-8-14-9-10)16-12(15)17-13(2,3)4/h5-9,11H,1H2,2-4H3. The van der Waals surface area contributed by atoms with E-state index in [0.29, 0.717) is 0 Å². The molecule has 4 nitrogen and oxygen atoms in total. The number of hydrogen-bond donors (Lipinski definition) is 0. The van der Waals surface area contributed by atoms with Gasteiger partial charge in [0, 0.05) is 18.0 Å². The molecule has 1 aromatic rings. The topological polar surface area (TPSA) is 48.4 Å². The number of ether oxygens (including phenoxy) is 2. The van der Waals surface area contributed by atoms with E-state index in [2.05, 4.69) is 11.6 Å². The number of carbonyl (C=O) groups is 1. The number of carbonyl (C=O) groups excluding carboxylic acids is 1. The number of aromatic nitrogens is 1. The van der Waals surface area contributed by atoms with Gasteiger partial charge in [-0.3, -0.25) is 4.98 Å². The Morgan fingerprint density at radius 3 is 2.71 bits per heavy atom. The predicted octanol–water partition coefficient (Wildman–Crippen LogP) is 3.26. The van der Waals surface area contributed by atoms with Gasteiger partial charge in [0.05, 0.1) is 0 Å². The van der Waals surface area contributed by atoms with Gasteiger partial charge >= 0.3 is 6.16 Å². The molecule has 0 N–H and O–H groups in total. The summed E-state index contributed by atoms with van der Waals surface area (Å²) in [6.07, 6.45) is 3.54. The molecule has 0 aromatic carbocycles. The maximum absolute atomic E-state index is 11.5. The second-order valence-electron chi connectivity index (χ2n) is 4.52. The largest absolute Gasteiger partial charge is 0.509 e. The highest BCUT2D eigenvalue weighted by molar-refractivity contribution is 5.61. The molecule has 0 aliphatic heterocycles. The van der Waals surface area contributed by atoms with Crippen molar-refractivity contribution in [1.29, 1.82) is 0 Å². The fraction of sp³-hybridized carbons (Fsp3) is 0.385. The van der Waals surface area contributed by atoms with Crippen LogP contribution in [0.2, 0.25) is 0 Å². The normalized spacial score (nSPS) is 12.6. The molecule has 0 saturated carbocycles. The molecule has 1 rings (SSSR count). The van der Waals surface area contributed by atoms with Crippen LogP contribution in [0.1, 0.15) is 32.4 Å². The van der Waals surface area contributed by atoms with Gasteiger partial charge in [0.25, 0.3) is 0 Å². The van der Waals surface area contributed by atoms with Crippen molar-refractivity contribution in [3.05, 3.63) is 42.7 Å². The molecular weight excluding hydrogens is 218 g/mol. The molecule has 1 atom stereocenters. The summed E-state index contributed by atoms with van der Waals surface area (Å²) in [5, 5.41) is 0. The zero-order chi connectivity index (χ0) is 12.9. The summed E-state index contributed by atoms with van der Waals surface area (Å²) in [5.74, 6) is 0. The average Bonchev–Trinajstić information content (AvgIpc) is 2.24. The Labute approximate surface area is 101 Å². The third-order valence-electron chi connectivity index (χ3n) is 1.84. The van der Waals surface area contributed by atoms with Crippen LogP contribution in [0.4, 0.5) is 4.79 Å². The van der Waals surface area contributed by atoms with Gasteiger partial charge in [-0.15, -0.1) is 0 Å². The van der Waals surface area contributed by atoms with E-state index < -0.39 is 17.9 Å². The van der Waals surface area contributed by atoms with Crippen LogP contribution in [0, 0.1) is 0 Å². The average molecular weight is 235 g/mol. The van der Waals surface area contributed by atoms with E-state index in [0.717, 1.165) is 5.56 Å². The maximum Gasteiger partial charge on any atom is 0.509 e. The van der Waals surface area contributed by atoms with Gasteiger partial charge in [0.15, 0.2) is 0 Å². The Bertz CT molecular complexity index is 381. The Kier molecular flexibility index (Phi) is 4.26. The van der Waals surface area contributed by atoms with E-state index in [1.165, 1.54) is 6.08 Å². The van der Waals surface area contributed by atoms with Crippen molar-refractivity contribution in [3.8, 4) is 0 Å². The molecule has 17 heavy (non-hydrogen) atoms. The van der Waals surface area contributed by atoms with Crippen molar-refractivity contribution in [2.75, 3.05) is 0 Å². The fourth-order valence-electron chi connectivity index (χ4n) is 1.17. The first-order chi connectivity index (χ1) is 7.92. The first kappa shape index (κ1) is 13.2. The molecule has 0 amide bonds. The summed E-state index contributed by atoms with van der Waals surface area (Å²) in [5.41, 5.74) is 0.186. The summed E-state index contributed by atoms with van der Waals surface area (Å²) in [6.45, 7) is 8.96. The van der Waals surface area contributed by atoms with Crippen molar-refractivity contribution in [3.63, 3.8) is 0 Å². The SMILES string of the molecule is C=CC(OC(=O)OC(C)(C)C)c1cccnc1. The van der Waals surface area contributed by atoms with Gasteiger partial charge in [-0.25, -0.2) is 4.79 Å². The number of nitrogens with zero attached hydrogens (tertiary/aromatic N) is 1. The van der Waals surface area contributed by atoms with E-state index in [4.69, 9.17) is 9.47 Å². The molecule has 0 bridgehead atoms. The Morgan fingerprint density at radius 2 is 2.24 bits per heavy atom. The smallest absolute Gasteiger partial charge is 0.429 e. The highest BCUT2D eigenvalue weighted by atomic mass is 16.7. The summed E-state index contributed by atoms with van der Waals surface area (Å²) in [6, 6.07) is 3.58. The van der Waals surface area contributed by atoms with E-state index in [9.17, 15) is 4.79 Å². The summed E-state index contributed by atoms with van der Waals surface area (Å²) < 4.78 is 10.2. The number of pyridine rings is 1. The van der Waals surface area contributed by atoms with Crippen molar-refractivity contribution < 1.29 is 14.3 Å². The molecule has 0 aliphatic rings. The van der Waals surface area contributed by atoms with Gasteiger partial charge < -0.3 is 9.47 Å². The molecule has 1 heterocycles. The third-order valence-corrected chi connectivity index (χ3v) is 1.84. The summed E-state index contributed by atoms with van der Waals surface area (Å²) in [4.78, 5) is 15.4. The van der Waals surface area contributed by atoms with E-state index in [-0.39, 0.29) is 0 Å². The van der Waals surface area contributed by atoms with Gasteiger partial charge in [0.2, 0.25) is 0 Å². The molecule has 0 radical (unpaired) electrons. The molecule has 0 spiro atoms. The number of hydrogen-bond acceptors (Lipinski definition) is 4. The Morgan fingerprint density at radius 1 is 1.53 bits per heavy atom. The molecule has 0 aliphatic carbocycles. The summed E-state index contributed by atoms with van der Waals surface area (Å²) >= 11 is 0. The lowest BCUT2D eigenvalue weighted by molar-refractivity contribution is -0.0188. The molecular formula is C13H17NO3. The second-order valence-corrected chi connectivity index (χ2v) is 4.52. The van der Waals surface area contributed by atoms with E-state index in [1.807, 2.05) is 6.07 Å². The van der Waals surface area contributed by atoms with Crippen molar-refractivity contribution in [2.45, 2.75) is 32.5 Å². The van der Waals surface area contributed by atoms with Crippen LogP contribution in [-0.4, -0.2) is 16.7 Å². The molecule has 0 saturated heterocycles. The Balaban J connectivity index is 2.66. The molecule has 4 heteroatoms. The van der Waals surface area contributed by atoms with Gasteiger partial charge in [-0.1, -0.05) is 12.6 Å². The maximum atomic E-state index is 11.5. The first-order valence-corrected chi connectivity index (χ1v) is 5.34. The third kappa shape index (κ3) is 4.68. The van der Waals surface area contributed by atoms with Crippen LogP contribution in [0.3, 0.4) is 0 Å². The van der Waals surface area contributed by atoms with Crippen LogP contribution < -0.4 is 0 Å². The zero-order valence-electron chi connectivity index (χ0n) is 10.3. The first-order valence-electron chi connectivity index (χ1n) is 5.34. The second kappa shape index (κ2) is 5.48. The van der Waals surface area contributed by atoms with Crippen LogP contribution in [0.15, 0.2) is 37.2 Å². The van der Waals surface area contributed by atoms with Crippen molar-refractivity contribution in [1.82, 2.24) is 4.98 Å². The fourth-order valence-corrected chi connectivity index (χ4v) is 1.17. The van der Waals surface area contributed by atoms with Gasteiger partial charge in [0.1, 0.15) is 11.7 Å². The molecule has 92 valence electrons. The van der Waals surface area contributed by atoms with E-state index >= 15 is 0 Å². The summed E-state index contributed by atoms with van der Waals surface area (Å²) in [7, 11) is 0. The number of rotatable bonds is 3. The molecule has 1 unspecified atom stereocenters. The van der Waals surface area contributed by atoms with Gasteiger partial charge in [-0.2, -0.15) is 0 Å². The van der Waals surface area contributed by atoms with Crippen LogP contribution in [0.5, 0.6) is 0 Å². The van der Waals surface area contributed by atoms with Crippen LogP contribution in [-0.2, 0) is 9.47 Å². The minimum absolute atomic E-state index is 0.543.